The molecule has 1 saturated heterocycles. The van der Waals surface area contributed by atoms with E-state index in [0.29, 0.717) is 24.8 Å². The predicted octanol–water partition coefficient (Wildman–Crippen LogP) is 3.07. The Hall–Kier alpha value is -1.72. The quantitative estimate of drug-likeness (QED) is 0.868. The van der Waals surface area contributed by atoms with Crippen molar-refractivity contribution in [2.24, 2.45) is 5.73 Å². The summed E-state index contributed by atoms with van der Waals surface area (Å²) in [5.41, 5.74) is 5.20. The molecule has 20 heavy (non-hydrogen) atoms. The fraction of sp³-hybridized carbons (Fsp3) is 0.500. The van der Waals surface area contributed by atoms with Crippen molar-refractivity contribution in [1.82, 2.24) is 0 Å². The fourth-order valence-corrected chi connectivity index (χ4v) is 2.62. The lowest BCUT2D eigenvalue weighted by molar-refractivity contribution is -0.0250. The summed E-state index contributed by atoms with van der Waals surface area (Å²) in [5, 5.41) is 0. The number of nitrogens with zero attached hydrogens (tertiary/aromatic N) is 1. The van der Waals surface area contributed by atoms with Crippen LogP contribution in [0.1, 0.15) is 42.1 Å². The number of amides is 1. The van der Waals surface area contributed by atoms with E-state index in [4.69, 9.17) is 5.73 Å². The van der Waals surface area contributed by atoms with Gasteiger partial charge >= 0.3 is 6.05 Å². The van der Waals surface area contributed by atoms with Crippen molar-refractivity contribution in [3.63, 3.8) is 0 Å². The second kappa shape index (κ2) is 5.34. The summed E-state index contributed by atoms with van der Waals surface area (Å²) in [7, 11) is 0. The Kier molecular flexibility index (Phi) is 3.92. The zero-order valence-electron chi connectivity index (χ0n) is 11.3. The van der Waals surface area contributed by atoms with E-state index in [1.165, 1.54) is 6.07 Å². The molecule has 1 heterocycles. The zero-order valence-corrected chi connectivity index (χ0v) is 11.3. The number of primary amides is 1. The summed E-state index contributed by atoms with van der Waals surface area (Å²) >= 11 is 0. The van der Waals surface area contributed by atoms with E-state index in [1.807, 2.05) is 0 Å². The Balaban J connectivity index is 2.64. The van der Waals surface area contributed by atoms with E-state index in [1.54, 1.807) is 6.92 Å². The molecule has 1 fully saturated rings. The molecule has 0 saturated carbocycles. The van der Waals surface area contributed by atoms with Crippen LogP contribution in [-0.2, 0) is 6.42 Å². The number of rotatable bonds is 3. The van der Waals surface area contributed by atoms with Crippen LogP contribution in [0, 0.1) is 5.82 Å². The number of hydrogen-bond acceptors (Lipinski definition) is 2. The standard InChI is InChI=1S/C14H17F3N2O/c1-2-9-5-6-10(15)11(13(18)20)12(9)19-8-4-3-7-14(19,16)17/h5-6H,2-4,7-8H2,1H3,(H2,18,20). The largest absolute Gasteiger partial charge is 0.365 e. The number of aryl methyl sites for hydroxylation is 1. The number of carbonyl (C=O) groups is 1. The van der Waals surface area contributed by atoms with Gasteiger partial charge in [0.15, 0.2) is 0 Å². The maximum Gasteiger partial charge on any atom is 0.325 e. The average molecular weight is 286 g/mol. The molecular weight excluding hydrogens is 269 g/mol. The first-order chi connectivity index (χ1) is 9.38. The number of alkyl halides is 2. The summed E-state index contributed by atoms with van der Waals surface area (Å²) in [6, 6.07) is -0.549. The van der Waals surface area contributed by atoms with Crippen molar-refractivity contribution in [3.8, 4) is 0 Å². The van der Waals surface area contributed by atoms with Crippen molar-refractivity contribution < 1.29 is 18.0 Å². The Morgan fingerprint density at radius 3 is 2.65 bits per heavy atom. The van der Waals surface area contributed by atoms with Gasteiger partial charge in [-0.25, -0.2) is 4.39 Å². The van der Waals surface area contributed by atoms with Gasteiger partial charge in [0, 0.05) is 13.0 Å². The van der Waals surface area contributed by atoms with Crippen LogP contribution in [0.25, 0.3) is 0 Å². The van der Waals surface area contributed by atoms with E-state index in [0.717, 1.165) is 11.0 Å². The van der Waals surface area contributed by atoms with E-state index in [9.17, 15) is 18.0 Å². The molecule has 0 aliphatic carbocycles. The molecule has 1 aromatic rings. The van der Waals surface area contributed by atoms with Gasteiger partial charge in [0.1, 0.15) is 5.82 Å². The number of hydrogen-bond donors (Lipinski definition) is 1. The Morgan fingerprint density at radius 1 is 1.40 bits per heavy atom. The molecule has 2 rings (SSSR count). The minimum Gasteiger partial charge on any atom is -0.365 e. The highest BCUT2D eigenvalue weighted by molar-refractivity contribution is 6.00. The molecule has 6 heteroatoms. The third-order valence-electron chi connectivity index (χ3n) is 3.61. The maximum atomic E-state index is 14.1. The molecule has 0 atom stereocenters. The van der Waals surface area contributed by atoms with Crippen LogP contribution in [0.4, 0.5) is 18.9 Å². The highest BCUT2D eigenvalue weighted by Crippen LogP contribution is 2.39. The molecule has 1 aliphatic rings. The van der Waals surface area contributed by atoms with Gasteiger partial charge in [-0.15, -0.1) is 0 Å². The molecule has 0 radical (unpaired) electrons. The number of nitrogens with two attached hydrogens (primary N) is 1. The van der Waals surface area contributed by atoms with Crippen molar-refractivity contribution in [2.45, 2.75) is 38.7 Å². The van der Waals surface area contributed by atoms with Gasteiger partial charge in [0.2, 0.25) is 0 Å². The molecule has 110 valence electrons. The lowest BCUT2D eigenvalue weighted by Gasteiger charge is -2.38. The molecular formula is C14H17F3N2O. The van der Waals surface area contributed by atoms with Gasteiger partial charge in [-0.3, -0.25) is 4.79 Å². The minimum atomic E-state index is -3.08. The summed E-state index contributed by atoms with van der Waals surface area (Å²) < 4.78 is 42.0. The number of halogens is 3. The van der Waals surface area contributed by atoms with Gasteiger partial charge in [0.05, 0.1) is 11.3 Å². The summed E-state index contributed by atoms with van der Waals surface area (Å²) in [4.78, 5) is 12.3. The lowest BCUT2D eigenvalue weighted by Crippen LogP contribution is -2.47. The SMILES string of the molecule is CCc1ccc(F)c(C(N)=O)c1N1CCCCC1(F)F. The van der Waals surface area contributed by atoms with E-state index >= 15 is 0 Å². The van der Waals surface area contributed by atoms with E-state index in [-0.39, 0.29) is 18.7 Å². The normalized spacial score (nSPS) is 18.1. The fourth-order valence-electron chi connectivity index (χ4n) is 2.62. The lowest BCUT2D eigenvalue weighted by atomic mass is 9.99. The first-order valence-electron chi connectivity index (χ1n) is 6.65. The average Bonchev–Trinajstić information content (AvgIpc) is 2.37. The Labute approximate surface area is 115 Å². The van der Waals surface area contributed by atoms with Crippen molar-refractivity contribution in [3.05, 3.63) is 29.1 Å². The molecule has 1 aromatic carbocycles. The molecule has 0 unspecified atom stereocenters. The van der Waals surface area contributed by atoms with Gasteiger partial charge in [-0.1, -0.05) is 13.0 Å². The van der Waals surface area contributed by atoms with Gasteiger partial charge in [-0.2, -0.15) is 8.78 Å². The van der Waals surface area contributed by atoms with E-state index < -0.39 is 23.3 Å². The molecule has 2 N–H and O–H groups in total. The molecule has 0 aromatic heterocycles. The number of benzene rings is 1. The Bertz CT molecular complexity index is 531. The summed E-state index contributed by atoms with van der Waals surface area (Å²) in [6.07, 6.45) is 1.10. The van der Waals surface area contributed by atoms with Gasteiger partial charge in [-0.05, 0) is 30.9 Å². The van der Waals surface area contributed by atoms with Gasteiger partial charge in [0.25, 0.3) is 5.91 Å². The molecule has 1 aliphatic heterocycles. The van der Waals surface area contributed by atoms with Crippen LogP contribution >= 0.6 is 0 Å². The Morgan fingerprint density at radius 2 is 2.10 bits per heavy atom. The smallest absolute Gasteiger partial charge is 0.325 e. The molecule has 0 spiro atoms. The van der Waals surface area contributed by atoms with Crippen LogP contribution in [0.3, 0.4) is 0 Å². The first-order valence-corrected chi connectivity index (χ1v) is 6.65. The minimum absolute atomic E-state index is 0.0512. The van der Waals surface area contributed by atoms with Crippen molar-refractivity contribution in [1.29, 1.82) is 0 Å². The second-order valence-electron chi connectivity index (χ2n) is 4.92. The number of piperidine rings is 1. The van der Waals surface area contributed by atoms with Crippen LogP contribution < -0.4 is 10.6 Å². The van der Waals surface area contributed by atoms with Crippen LogP contribution in [0.2, 0.25) is 0 Å². The van der Waals surface area contributed by atoms with Crippen LogP contribution in [0.5, 0.6) is 0 Å². The topological polar surface area (TPSA) is 46.3 Å². The summed E-state index contributed by atoms with van der Waals surface area (Å²) in [6.45, 7) is 1.85. The first kappa shape index (κ1) is 14.7. The molecule has 3 nitrogen and oxygen atoms in total. The zero-order chi connectivity index (χ0) is 14.9. The van der Waals surface area contributed by atoms with Crippen molar-refractivity contribution >= 4 is 11.6 Å². The molecule has 1 amide bonds. The molecule has 0 bridgehead atoms. The van der Waals surface area contributed by atoms with Crippen LogP contribution in [0.15, 0.2) is 12.1 Å². The van der Waals surface area contributed by atoms with E-state index in [2.05, 4.69) is 0 Å². The van der Waals surface area contributed by atoms with Crippen molar-refractivity contribution in [2.75, 3.05) is 11.4 Å². The number of carbonyl (C=O) groups excluding carboxylic acids is 1. The summed E-state index contributed by atoms with van der Waals surface area (Å²) in [5.74, 6) is -1.87. The third-order valence-corrected chi connectivity index (χ3v) is 3.61. The van der Waals surface area contributed by atoms with Crippen LogP contribution in [-0.4, -0.2) is 18.5 Å². The second-order valence-corrected chi connectivity index (χ2v) is 4.92. The third kappa shape index (κ3) is 2.46. The highest BCUT2D eigenvalue weighted by Gasteiger charge is 2.41. The van der Waals surface area contributed by atoms with Gasteiger partial charge < -0.3 is 10.6 Å². The maximum absolute atomic E-state index is 14.1. The number of anilines is 1. The highest BCUT2D eigenvalue weighted by atomic mass is 19.3. The predicted molar refractivity (Wildman–Crippen MR) is 70.4 cm³/mol. The monoisotopic (exact) mass is 286 g/mol.